The maximum absolute atomic E-state index is 12.2. The normalized spacial score (nSPS) is 11.9. The van der Waals surface area contributed by atoms with Crippen LogP contribution in [0.4, 0.5) is 13.2 Å². The summed E-state index contributed by atoms with van der Waals surface area (Å²) in [4.78, 5) is 11.9. The van der Waals surface area contributed by atoms with Gasteiger partial charge >= 0.3 is 6.18 Å². The zero-order chi connectivity index (χ0) is 17.0. The van der Waals surface area contributed by atoms with Gasteiger partial charge in [0.25, 0.3) is 5.91 Å². The molecule has 2 rings (SSSR count). The van der Waals surface area contributed by atoms with Gasteiger partial charge in [0.1, 0.15) is 12.2 Å². The molecular weight excluding hydrogens is 309 g/mol. The molecule has 1 aromatic heterocycles. The summed E-state index contributed by atoms with van der Waals surface area (Å²) < 4.78 is 37.4. The van der Waals surface area contributed by atoms with Gasteiger partial charge in [0.15, 0.2) is 0 Å². The molecule has 0 aliphatic heterocycles. The Hall–Kier alpha value is -2.64. The first-order valence-corrected chi connectivity index (χ1v) is 6.75. The van der Waals surface area contributed by atoms with Crippen LogP contribution in [-0.2, 0) is 6.54 Å². The average molecular weight is 324 g/mol. The zero-order valence-electron chi connectivity index (χ0n) is 12.6. The third-order valence-electron chi connectivity index (χ3n) is 3.13. The summed E-state index contributed by atoms with van der Waals surface area (Å²) in [6.45, 7) is 2.66. The molecule has 0 aliphatic rings. The van der Waals surface area contributed by atoms with Crippen molar-refractivity contribution >= 4 is 12.1 Å². The second-order valence-corrected chi connectivity index (χ2v) is 5.05. The number of carbonyl (C=O) groups excluding carboxylic acids is 1. The molecule has 0 fully saturated rings. The van der Waals surface area contributed by atoms with E-state index in [1.165, 1.54) is 18.5 Å². The number of benzene rings is 1. The molecule has 0 saturated heterocycles. The third-order valence-corrected chi connectivity index (χ3v) is 3.13. The molecule has 0 aliphatic carbocycles. The predicted molar refractivity (Wildman–Crippen MR) is 79.3 cm³/mol. The Balaban J connectivity index is 1.96. The largest absolute Gasteiger partial charge is 0.408 e. The van der Waals surface area contributed by atoms with Gasteiger partial charge in [0, 0.05) is 11.8 Å². The SMILES string of the molecule is Cc1ccc(C(=O)NN=Cc2ccn(CC(F)(F)F)n2)cc1C. The van der Waals surface area contributed by atoms with Gasteiger partial charge in [-0.25, -0.2) is 5.43 Å². The van der Waals surface area contributed by atoms with E-state index in [-0.39, 0.29) is 5.69 Å². The summed E-state index contributed by atoms with van der Waals surface area (Å²) in [5.41, 5.74) is 5.03. The Morgan fingerprint density at radius 2 is 2.04 bits per heavy atom. The van der Waals surface area contributed by atoms with E-state index in [0.29, 0.717) is 5.56 Å². The van der Waals surface area contributed by atoms with Crippen LogP contribution in [-0.4, -0.2) is 28.1 Å². The van der Waals surface area contributed by atoms with Gasteiger partial charge in [0.2, 0.25) is 0 Å². The van der Waals surface area contributed by atoms with E-state index in [9.17, 15) is 18.0 Å². The van der Waals surface area contributed by atoms with E-state index in [0.717, 1.165) is 15.8 Å². The number of carbonyl (C=O) groups is 1. The number of hydrogen-bond acceptors (Lipinski definition) is 3. The molecule has 0 unspecified atom stereocenters. The Morgan fingerprint density at radius 3 is 2.70 bits per heavy atom. The predicted octanol–water partition coefficient (Wildman–Crippen LogP) is 2.83. The van der Waals surface area contributed by atoms with Crippen LogP contribution in [0.25, 0.3) is 0 Å². The lowest BCUT2D eigenvalue weighted by Gasteiger charge is -2.05. The highest BCUT2D eigenvalue weighted by atomic mass is 19.4. The Bertz CT molecular complexity index is 735. The fourth-order valence-corrected chi connectivity index (χ4v) is 1.82. The molecule has 0 spiro atoms. The number of nitrogens with zero attached hydrogens (tertiary/aromatic N) is 3. The Kier molecular flexibility index (Phi) is 4.83. The number of hydrogen-bond donors (Lipinski definition) is 1. The highest BCUT2D eigenvalue weighted by Gasteiger charge is 2.28. The minimum absolute atomic E-state index is 0.217. The van der Waals surface area contributed by atoms with Crippen molar-refractivity contribution in [3.05, 3.63) is 52.8 Å². The number of hydrazone groups is 1. The van der Waals surface area contributed by atoms with E-state index < -0.39 is 18.6 Å². The standard InChI is InChI=1S/C15H15F3N4O/c1-10-3-4-12(7-11(10)2)14(23)20-19-8-13-5-6-22(21-13)9-15(16,17)18/h3-8H,9H2,1-2H3,(H,20,23). The lowest BCUT2D eigenvalue weighted by Crippen LogP contribution is -2.18. The Labute approximate surface area is 130 Å². The van der Waals surface area contributed by atoms with Crippen LogP contribution in [0.2, 0.25) is 0 Å². The number of alkyl halides is 3. The van der Waals surface area contributed by atoms with Crippen LogP contribution >= 0.6 is 0 Å². The lowest BCUT2D eigenvalue weighted by atomic mass is 10.1. The topological polar surface area (TPSA) is 59.3 Å². The molecule has 0 atom stereocenters. The molecule has 5 nitrogen and oxygen atoms in total. The first-order chi connectivity index (χ1) is 10.7. The van der Waals surface area contributed by atoms with Crippen LogP contribution in [0.5, 0.6) is 0 Å². The number of nitrogens with one attached hydrogen (secondary N) is 1. The number of aromatic nitrogens is 2. The van der Waals surface area contributed by atoms with Gasteiger partial charge in [-0.2, -0.15) is 23.4 Å². The first kappa shape index (κ1) is 16.7. The van der Waals surface area contributed by atoms with Crippen molar-refractivity contribution in [2.24, 2.45) is 5.10 Å². The van der Waals surface area contributed by atoms with Crippen molar-refractivity contribution in [1.29, 1.82) is 0 Å². The molecule has 1 N–H and O–H groups in total. The molecule has 1 aromatic carbocycles. The van der Waals surface area contributed by atoms with Crippen molar-refractivity contribution in [2.75, 3.05) is 0 Å². The third kappa shape index (κ3) is 4.94. The van der Waals surface area contributed by atoms with Crippen molar-refractivity contribution < 1.29 is 18.0 Å². The quantitative estimate of drug-likeness (QED) is 0.694. The van der Waals surface area contributed by atoms with Gasteiger partial charge in [0.05, 0.1) is 6.21 Å². The number of aryl methyl sites for hydroxylation is 2. The van der Waals surface area contributed by atoms with E-state index in [2.05, 4.69) is 15.6 Å². The molecule has 0 bridgehead atoms. The van der Waals surface area contributed by atoms with E-state index >= 15 is 0 Å². The van der Waals surface area contributed by atoms with E-state index in [1.54, 1.807) is 12.1 Å². The van der Waals surface area contributed by atoms with Gasteiger partial charge in [-0.15, -0.1) is 0 Å². The van der Waals surface area contributed by atoms with Crippen molar-refractivity contribution in [3.8, 4) is 0 Å². The van der Waals surface area contributed by atoms with Gasteiger partial charge in [-0.3, -0.25) is 9.48 Å². The van der Waals surface area contributed by atoms with Crippen molar-refractivity contribution in [1.82, 2.24) is 15.2 Å². The lowest BCUT2D eigenvalue weighted by molar-refractivity contribution is -0.142. The minimum atomic E-state index is -4.34. The fraction of sp³-hybridized carbons (Fsp3) is 0.267. The number of halogens is 3. The Morgan fingerprint density at radius 1 is 1.30 bits per heavy atom. The summed E-state index contributed by atoms with van der Waals surface area (Å²) in [5.74, 6) is -0.404. The van der Waals surface area contributed by atoms with Crippen molar-refractivity contribution in [3.63, 3.8) is 0 Å². The second kappa shape index (κ2) is 6.64. The summed E-state index contributed by atoms with van der Waals surface area (Å²) in [7, 11) is 0. The van der Waals surface area contributed by atoms with Crippen molar-refractivity contribution in [2.45, 2.75) is 26.6 Å². The molecule has 23 heavy (non-hydrogen) atoms. The summed E-state index contributed by atoms with van der Waals surface area (Å²) in [5, 5.41) is 7.39. The van der Waals surface area contributed by atoms with Gasteiger partial charge in [-0.05, 0) is 43.2 Å². The van der Waals surface area contributed by atoms with Gasteiger partial charge in [-0.1, -0.05) is 6.07 Å². The number of amides is 1. The molecule has 122 valence electrons. The fourth-order valence-electron chi connectivity index (χ4n) is 1.82. The summed E-state index contributed by atoms with van der Waals surface area (Å²) >= 11 is 0. The highest BCUT2D eigenvalue weighted by Crippen LogP contribution is 2.16. The van der Waals surface area contributed by atoms with E-state index in [4.69, 9.17) is 0 Å². The molecule has 1 heterocycles. The van der Waals surface area contributed by atoms with Crippen LogP contribution in [0, 0.1) is 13.8 Å². The van der Waals surface area contributed by atoms with Crippen LogP contribution in [0.3, 0.4) is 0 Å². The summed E-state index contributed by atoms with van der Waals surface area (Å²) in [6.07, 6.45) is -1.95. The van der Waals surface area contributed by atoms with E-state index in [1.807, 2.05) is 19.9 Å². The minimum Gasteiger partial charge on any atom is -0.267 e. The maximum atomic E-state index is 12.2. The van der Waals surface area contributed by atoms with Crippen LogP contribution in [0.15, 0.2) is 35.6 Å². The average Bonchev–Trinajstić information content (AvgIpc) is 2.87. The second-order valence-electron chi connectivity index (χ2n) is 5.05. The molecule has 1 amide bonds. The maximum Gasteiger partial charge on any atom is 0.408 e. The molecular formula is C15H15F3N4O. The molecule has 0 radical (unpaired) electrons. The molecule has 0 saturated carbocycles. The summed E-state index contributed by atoms with van der Waals surface area (Å²) in [6, 6.07) is 6.60. The molecule has 8 heteroatoms. The zero-order valence-corrected chi connectivity index (χ0v) is 12.6. The highest BCUT2D eigenvalue weighted by molar-refractivity contribution is 5.95. The smallest absolute Gasteiger partial charge is 0.267 e. The first-order valence-electron chi connectivity index (χ1n) is 6.75. The monoisotopic (exact) mass is 324 g/mol. The van der Waals surface area contributed by atoms with Gasteiger partial charge < -0.3 is 0 Å². The molecule has 2 aromatic rings. The van der Waals surface area contributed by atoms with Crippen LogP contribution in [0.1, 0.15) is 27.2 Å². The van der Waals surface area contributed by atoms with Crippen LogP contribution < -0.4 is 5.43 Å². The number of rotatable bonds is 4.